The van der Waals surface area contributed by atoms with E-state index >= 15 is 0 Å². The molecule has 0 aliphatic carbocycles. The highest BCUT2D eigenvalue weighted by Gasteiger charge is 2.13. The van der Waals surface area contributed by atoms with Crippen LogP contribution in [0.1, 0.15) is 40.9 Å². The minimum absolute atomic E-state index is 0.0731. The van der Waals surface area contributed by atoms with Crippen LogP contribution in [0.15, 0.2) is 12.1 Å². The smallest absolute Gasteiger partial charge is 0.208 e. The molecule has 0 aromatic heterocycles. The average molecular weight is 252 g/mol. The zero-order valence-corrected chi connectivity index (χ0v) is 12.3. The van der Waals surface area contributed by atoms with Gasteiger partial charge in [0.2, 0.25) is 5.52 Å². The van der Waals surface area contributed by atoms with Crippen LogP contribution in [0.2, 0.25) is 0 Å². The number of hydrogen-bond acceptors (Lipinski definition) is 2. The molecule has 0 spiro atoms. The molecule has 0 aliphatic rings. The maximum Gasteiger partial charge on any atom is 0.208 e. The van der Waals surface area contributed by atoms with Gasteiger partial charge in [0.15, 0.2) is 0 Å². The SMILES string of the molecule is Cc1cc(C)c(C(=O)POCC(C)C)c(C)c1. The Morgan fingerprint density at radius 1 is 1.24 bits per heavy atom. The Bertz CT molecular complexity index is 388. The lowest BCUT2D eigenvalue weighted by Gasteiger charge is -2.11. The van der Waals surface area contributed by atoms with Crippen LogP contribution >= 0.6 is 8.81 Å². The first kappa shape index (κ1) is 14.3. The molecule has 17 heavy (non-hydrogen) atoms. The maximum atomic E-state index is 12.1. The fourth-order valence-corrected chi connectivity index (χ4v) is 2.91. The van der Waals surface area contributed by atoms with Crippen molar-refractivity contribution in [1.29, 1.82) is 0 Å². The van der Waals surface area contributed by atoms with Crippen molar-refractivity contribution in [3.05, 3.63) is 34.4 Å². The molecule has 0 radical (unpaired) electrons. The molecule has 0 amide bonds. The molecule has 0 bridgehead atoms. The Balaban J connectivity index is 2.76. The van der Waals surface area contributed by atoms with Gasteiger partial charge in [0.25, 0.3) is 0 Å². The summed E-state index contributed by atoms with van der Waals surface area (Å²) in [5, 5.41) is 0. The minimum atomic E-state index is -0.0731. The maximum absolute atomic E-state index is 12.1. The van der Waals surface area contributed by atoms with Gasteiger partial charge in [-0.05, 0) is 37.8 Å². The molecular weight excluding hydrogens is 231 g/mol. The molecule has 0 saturated heterocycles. The Labute approximate surface area is 106 Å². The summed E-state index contributed by atoms with van der Waals surface area (Å²) in [6.07, 6.45) is 0. The van der Waals surface area contributed by atoms with Gasteiger partial charge in [-0.15, -0.1) is 0 Å². The van der Waals surface area contributed by atoms with E-state index in [2.05, 4.69) is 13.8 Å². The van der Waals surface area contributed by atoms with Crippen molar-refractivity contribution in [2.45, 2.75) is 34.6 Å². The molecule has 0 saturated carbocycles. The fraction of sp³-hybridized carbons (Fsp3) is 0.500. The van der Waals surface area contributed by atoms with Gasteiger partial charge in [-0.3, -0.25) is 4.79 Å². The third kappa shape index (κ3) is 4.22. The Morgan fingerprint density at radius 2 is 1.76 bits per heavy atom. The van der Waals surface area contributed by atoms with E-state index in [1.165, 1.54) is 5.56 Å². The van der Waals surface area contributed by atoms with Gasteiger partial charge in [-0.25, -0.2) is 0 Å². The first-order valence-electron chi connectivity index (χ1n) is 5.91. The first-order chi connectivity index (χ1) is 7.91. The van der Waals surface area contributed by atoms with Crippen LogP contribution in [0.5, 0.6) is 0 Å². The van der Waals surface area contributed by atoms with E-state index in [4.69, 9.17) is 4.52 Å². The lowest BCUT2D eigenvalue weighted by molar-refractivity contribution is 0.107. The van der Waals surface area contributed by atoms with Crippen molar-refractivity contribution >= 4 is 14.3 Å². The fourth-order valence-electron chi connectivity index (χ4n) is 1.86. The molecule has 1 unspecified atom stereocenters. The van der Waals surface area contributed by atoms with Crippen LogP contribution in [0.4, 0.5) is 0 Å². The van der Waals surface area contributed by atoms with Gasteiger partial charge >= 0.3 is 0 Å². The highest BCUT2D eigenvalue weighted by Crippen LogP contribution is 2.26. The van der Waals surface area contributed by atoms with Crippen molar-refractivity contribution < 1.29 is 9.32 Å². The minimum Gasteiger partial charge on any atom is -0.354 e. The Morgan fingerprint density at radius 3 is 2.24 bits per heavy atom. The van der Waals surface area contributed by atoms with E-state index in [0.29, 0.717) is 12.5 Å². The molecule has 3 heteroatoms. The molecule has 0 N–H and O–H groups in total. The molecular formula is C14H21O2P. The van der Waals surface area contributed by atoms with Gasteiger partial charge in [-0.1, -0.05) is 31.5 Å². The monoisotopic (exact) mass is 252 g/mol. The summed E-state index contributed by atoms with van der Waals surface area (Å²) in [5.74, 6) is 0.468. The molecule has 94 valence electrons. The Kier molecular flexibility index (Phi) is 5.30. The molecule has 1 aromatic carbocycles. The molecule has 2 nitrogen and oxygen atoms in total. The first-order valence-corrected chi connectivity index (χ1v) is 6.82. The van der Waals surface area contributed by atoms with E-state index < -0.39 is 0 Å². The predicted octanol–water partition coefficient (Wildman–Crippen LogP) is 4.02. The summed E-state index contributed by atoms with van der Waals surface area (Å²) in [6, 6.07) is 4.10. The van der Waals surface area contributed by atoms with Crippen LogP contribution in [-0.2, 0) is 4.52 Å². The summed E-state index contributed by atoms with van der Waals surface area (Å²) >= 11 is 0. The van der Waals surface area contributed by atoms with Crippen molar-refractivity contribution in [3.8, 4) is 0 Å². The summed E-state index contributed by atoms with van der Waals surface area (Å²) in [4.78, 5) is 12.1. The number of rotatable bonds is 5. The zero-order valence-electron chi connectivity index (χ0n) is 11.3. The summed E-state index contributed by atoms with van der Waals surface area (Å²) in [5.41, 5.74) is 4.24. The van der Waals surface area contributed by atoms with Crippen molar-refractivity contribution in [2.75, 3.05) is 6.61 Å². The quantitative estimate of drug-likeness (QED) is 0.740. The van der Waals surface area contributed by atoms with Crippen LogP contribution < -0.4 is 0 Å². The second-order valence-electron chi connectivity index (χ2n) is 4.91. The van der Waals surface area contributed by atoms with Crippen molar-refractivity contribution in [3.63, 3.8) is 0 Å². The number of carbonyl (C=O) groups is 1. The molecule has 1 atom stereocenters. The normalized spacial score (nSPS) is 11.6. The van der Waals surface area contributed by atoms with E-state index in [1.54, 1.807) is 0 Å². The van der Waals surface area contributed by atoms with Crippen LogP contribution in [0, 0.1) is 26.7 Å². The second-order valence-corrected chi connectivity index (χ2v) is 5.86. The van der Waals surface area contributed by atoms with Gasteiger partial charge in [-0.2, -0.15) is 0 Å². The number of carbonyl (C=O) groups excluding carboxylic acids is 1. The number of hydrogen-bond donors (Lipinski definition) is 0. The van der Waals surface area contributed by atoms with Gasteiger partial charge < -0.3 is 4.52 Å². The standard InChI is InChI=1S/C14H21O2P/c1-9(2)8-16-17-14(15)13-11(4)6-10(3)7-12(13)5/h6-7,9,17H,8H2,1-5H3. The van der Waals surface area contributed by atoms with E-state index in [0.717, 1.165) is 16.7 Å². The summed E-state index contributed by atoms with van der Waals surface area (Å²) < 4.78 is 5.43. The number of benzene rings is 1. The van der Waals surface area contributed by atoms with Crippen LogP contribution in [-0.4, -0.2) is 12.1 Å². The van der Waals surface area contributed by atoms with E-state index in [-0.39, 0.29) is 14.3 Å². The van der Waals surface area contributed by atoms with Gasteiger partial charge in [0, 0.05) is 5.56 Å². The van der Waals surface area contributed by atoms with Crippen LogP contribution in [0.25, 0.3) is 0 Å². The van der Waals surface area contributed by atoms with Crippen LogP contribution in [0.3, 0.4) is 0 Å². The predicted molar refractivity (Wildman–Crippen MR) is 74.1 cm³/mol. The Hall–Kier alpha value is -0.720. The summed E-state index contributed by atoms with van der Waals surface area (Å²) in [6.45, 7) is 10.8. The second kappa shape index (κ2) is 6.28. The average Bonchev–Trinajstić information content (AvgIpc) is 2.14. The van der Waals surface area contributed by atoms with E-state index in [1.807, 2.05) is 32.9 Å². The largest absolute Gasteiger partial charge is 0.354 e. The highest BCUT2D eigenvalue weighted by molar-refractivity contribution is 7.54. The van der Waals surface area contributed by atoms with Gasteiger partial charge in [0.05, 0.1) is 15.4 Å². The molecule has 0 fully saturated rings. The van der Waals surface area contributed by atoms with Crippen molar-refractivity contribution in [2.24, 2.45) is 5.92 Å². The third-order valence-corrected chi connectivity index (χ3v) is 3.23. The molecule has 1 aromatic rings. The zero-order chi connectivity index (χ0) is 13.0. The lowest BCUT2D eigenvalue weighted by Crippen LogP contribution is -2.03. The molecule has 1 rings (SSSR count). The van der Waals surface area contributed by atoms with E-state index in [9.17, 15) is 4.79 Å². The molecule has 0 aliphatic heterocycles. The third-order valence-electron chi connectivity index (χ3n) is 2.49. The lowest BCUT2D eigenvalue weighted by atomic mass is 10.0. The highest BCUT2D eigenvalue weighted by atomic mass is 31.1. The topological polar surface area (TPSA) is 26.3 Å². The van der Waals surface area contributed by atoms with Crippen molar-refractivity contribution in [1.82, 2.24) is 0 Å². The number of aryl methyl sites for hydroxylation is 3. The summed E-state index contributed by atoms with van der Waals surface area (Å²) in [7, 11) is -0.0731. The molecule has 0 heterocycles. The van der Waals surface area contributed by atoms with Gasteiger partial charge in [0.1, 0.15) is 0 Å².